The van der Waals surface area contributed by atoms with E-state index >= 15 is 0 Å². The minimum atomic E-state index is -0.827. The van der Waals surface area contributed by atoms with Crippen LogP contribution in [0.3, 0.4) is 0 Å². The third-order valence-electron chi connectivity index (χ3n) is 1.64. The number of ether oxygens (including phenoxy) is 1. The molecule has 3 nitrogen and oxygen atoms in total. The van der Waals surface area contributed by atoms with Gasteiger partial charge in [-0.1, -0.05) is 18.2 Å². The van der Waals surface area contributed by atoms with Crippen LogP contribution in [0.15, 0.2) is 12.6 Å². The number of nitrogens with zero attached hydrogens (tertiary/aromatic N) is 2. The number of rotatable bonds is 3. The summed E-state index contributed by atoms with van der Waals surface area (Å²) in [5.41, 5.74) is 0.0886. The van der Waals surface area contributed by atoms with Crippen LogP contribution in [0.5, 0.6) is 0 Å². The van der Waals surface area contributed by atoms with Gasteiger partial charge < -0.3 is 4.74 Å². The van der Waals surface area contributed by atoms with E-state index in [1.54, 1.807) is 13.0 Å². The summed E-state index contributed by atoms with van der Waals surface area (Å²) in [6.45, 7) is 5.78. The van der Waals surface area contributed by atoms with Crippen molar-refractivity contribution in [3.63, 3.8) is 0 Å². The third kappa shape index (κ3) is 2.45. The summed E-state index contributed by atoms with van der Waals surface area (Å²) >= 11 is 5.51. The molecule has 1 aromatic heterocycles. The Hall–Kier alpha value is -1.60. The lowest BCUT2D eigenvalue weighted by atomic mass is 10.2. The van der Waals surface area contributed by atoms with E-state index in [0.29, 0.717) is 6.61 Å². The molecule has 0 saturated carbocycles. The number of hydrogen-bond acceptors (Lipinski definition) is 3. The molecular formula is C10H8ClFN2O. The van der Waals surface area contributed by atoms with Gasteiger partial charge in [0.1, 0.15) is 17.5 Å². The highest BCUT2D eigenvalue weighted by molar-refractivity contribution is 6.29. The summed E-state index contributed by atoms with van der Waals surface area (Å²) in [4.78, 5) is 3.71. The molecule has 5 heteroatoms. The smallest absolute Gasteiger partial charge is 0.178 e. The van der Waals surface area contributed by atoms with Gasteiger partial charge in [0.15, 0.2) is 11.0 Å². The second-order valence-electron chi connectivity index (χ2n) is 2.63. The van der Waals surface area contributed by atoms with Crippen LogP contribution in [0.25, 0.3) is 5.76 Å². The molecule has 0 radical (unpaired) electrons. The van der Waals surface area contributed by atoms with Crippen LogP contribution in [0.2, 0.25) is 5.15 Å². The van der Waals surface area contributed by atoms with Crippen LogP contribution in [-0.4, -0.2) is 11.6 Å². The molecule has 0 spiro atoms. The van der Waals surface area contributed by atoms with E-state index < -0.39 is 5.82 Å². The number of nitriles is 1. The SMILES string of the molecule is C=C(OCC)c1cc(C#N)c(F)c(Cl)n1. The van der Waals surface area contributed by atoms with Crippen molar-refractivity contribution in [1.82, 2.24) is 4.98 Å². The Morgan fingerprint density at radius 1 is 1.80 bits per heavy atom. The van der Waals surface area contributed by atoms with Gasteiger partial charge in [0.05, 0.1) is 12.2 Å². The lowest BCUT2D eigenvalue weighted by Crippen LogP contribution is -1.98. The summed E-state index contributed by atoms with van der Waals surface area (Å²) in [5, 5.41) is 8.28. The molecule has 0 aliphatic rings. The van der Waals surface area contributed by atoms with Crippen molar-refractivity contribution in [2.75, 3.05) is 6.61 Å². The maximum atomic E-state index is 13.1. The van der Waals surface area contributed by atoms with Crippen LogP contribution in [-0.2, 0) is 4.74 Å². The summed E-state index contributed by atoms with van der Waals surface area (Å²) in [6.07, 6.45) is 0. The Kier molecular flexibility index (Phi) is 3.64. The van der Waals surface area contributed by atoms with E-state index in [4.69, 9.17) is 21.6 Å². The molecule has 78 valence electrons. The monoisotopic (exact) mass is 226 g/mol. The highest BCUT2D eigenvalue weighted by Crippen LogP contribution is 2.20. The van der Waals surface area contributed by atoms with Crippen molar-refractivity contribution in [1.29, 1.82) is 5.26 Å². The summed E-state index contributed by atoms with van der Waals surface area (Å²) < 4.78 is 18.2. The minimum absolute atomic E-state index is 0.175. The van der Waals surface area contributed by atoms with Gasteiger partial charge in [-0.2, -0.15) is 5.26 Å². The molecule has 0 N–H and O–H groups in total. The van der Waals surface area contributed by atoms with Gasteiger partial charge >= 0.3 is 0 Å². The summed E-state index contributed by atoms with van der Waals surface area (Å²) in [5.74, 6) is -0.567. The van der Waals surface area contributed by atoms with Crippen molar-refractivity contribution in [2.45, 2.75) is 6.92 Å². The normalized spacial score (nSPS) is 9.47. The summed E-state index contributed by atoms with van der Waals surface area (Å²) in [7, 11) is 0. The van der Waals surface area contributed by atoms with Crippen molar-refractivity contribution in [2.24, 2.45) is 0 Å². The molecule has 0 aliphatic heterocycles. The fraction of sp³-hybridized carbons (Fsp3) is 0.200. The zero-order valence-corrected chi connectivity index (χ0v) is 8.81. The highest BCUT2D eigenvalue weighted by Gasteiger charge is 2.12. The molecule has 0 fully saturated rings. The molecule has 1 heterocycles. The second-order valence-corrected chi connectivity index (χ2v) is 2.99. The number of pyridine rings is 1. The molecule has 0 amide bonds. The fourth-order valence-corrected chi connectivity index (χ4v) is 1.16. The molecule has 1 rings (SSSR count). The van der Waals surface area contributed by atoms with E-state index in [9.17, 15) is 4.39 Å². The van der Waals surface area contributed by atoms with E-state index in [1.165, 1.54) is 6.07 Å². The van der Waals surface area contributed by atoms with E-state index in [-0.39, 0.29) is 22.2 Å². The predicted octanol–water partition coefficient (Wildman–Crippen LogP) is 2.75. The molecular weight excluding hydrogens is 219 g/mol. The second kappa shape index (κ2) is 4.76. The molecule has 0 unspecified atom stereocenters. The first-order valence-electron chi connectivity index (χ1n) is 4.18. The first kappa shape index (κ1) is 11.5. The Morgan fingerprint density at radius 2 is 2.47 bits per heavy atom. The van der Waals surface area contributed by atoms with Gasteiger partial charge in [0.25, 0.3) is 0 Å². The third-order valence-corrected chi connectivity index (χ3v) is 1.89. The molecule has 1 aromatic rings. The zero-order valence-electron chi connectivity index (χ0n) is 8.05. The largest absolute Gasteiger partial charge is 0.492 e. The van der Waals surface area contributed by atoms with Gasteiger partial charge in [0.2, 0.25) is 0 Å². The van der Waals surface area contributed by atoms with Crippen LogP contribution in [0, 0.1) is 17.1 Å². The van der Waals surface area contributed by atoms with Crippen molar-refractivity contribution in [3.05, 3.63) is 34.9 Å². The Labute approximate surface area is 91.8 Å². The maximum absolute atomic E-state index is 13.1. The number of hydrogen-bond donors (Lipinski definition) is 0. The predicted molar refractivity (Wildman–Crippen MR) is 54.6 cm³/mol. The van der Waals surface area contributed by atoms with E-state index in [0.717, 1.165) is 0 Å². The Morgan fingerprint density at radius 3 is 3.00 bits per heavy atom. The average Bonchev–Trinajstić information content (AvgIpc) is 2.22. The lowest BCUT2D eigenvalue weighted by molar-refractivity contribution is 0.297. The molecule has 0 aromatic carbocycles. The Bertz CT molecular complexity index is 440. The lowest BCUT2D eigenvalue weighted by Gasteiger charge is -2.07. The zero-order chi connectivity index (χ0) is 11.4. The quantitative estimate of drug-likeness (QED) is 0.588. The number of halogens is 2. The number of aromatic nitrogens is 1. The molecule has 15 heavy (non-hydrogen) atoms. The van der Waals surface area contributed by atoms with Gasteiger partial charge in [-0.25, -0.2) is 9.37 Å². The first-order chi connectivity index (χ1) is 7.10. The van der Waals surface area contributed by atoms with Gasteiger partial charge in [-0.3, -0.25) is 0 Å². The standard InChI is InChI=1S/C10H8ClFN2O/c1-3-15-6(2)8-4-7(5-13)9(12)10(11)14-8/h4H,2-3H2,1H3. The van der Waals surface area contributed by atoms with Gasteiger partial charge in [0, 0.05) is 0 Å². The fourth-order valence-electron chi connectivity index (χ4n) is 0.971. The maximum Gasteiger partial charge on any atom is 0.178 e. The highest BCUT2D eigenvalue weighted by atomic mass is 35.5. The summed E-state index contributed by atoms with van der Waals surface area (Å²) in [6, 6.07) is 2.93. The van der Waals surface area contributed by atoms with E-state index in [1.807, 2.05) is 0 Å². The molecule has 0 aliphatic carbocycles. The first-order valence-corrected chi connectivity index (χ1v) is 4.56. The Balaban J connectivity index is 3.18. The topological polar surface area (TPSA) is 45.9 Å². The minimum Gasteiger partial charge on any atom is -0.492 e. The van der Waals surface area contributed by atoms with Gasteiger partial charge in [-0.05, 0) is 13.0 Å². The van der Waals surface area contributed by atoms with Crippen LogP contribution < -0.4 is 0 Å². The molecule has 0 bridgehead atoms. The van der Waals surface area contributed by atoms with Crippen molar-refractivity contribution < 1.29 is 9.13 Å². The van der Waals surface area contributed by atoms with Crippen molar-refractivity contribution in [3.8, 4) is 6.07 Å². The molecule has 0 atom stereocenters. The van der Waals surface area contributed by atoms with Crippen LogP contribution in [0.1, 0.15) is 18.2 Å². The molecule has 0 saturated heterocycles. The van der Waals surface area contributed by atoms with Crippen molar-refractivity contribution >= 4 is 17.4 Å². The van der Waals surface area contributed by atoms with Gasteiger partial charge in [-0.15, -0.1) is 0 Å². The van der Waals surface area contributed by atoms with Crippen LogP contribution >= 0.6 is 11.6 Å². The van der Waals surface area contributed by atoms with Crippen LogP contribution in [0.4, 0.5) is 4.39 Å². The average molecular weight is 227 g/mol. The van der Waals surface area contributed by atoms with E-state index in [2.05, 4.69) is 11.6 Å².